The molecule has 0 bridgehead atoms. The maximum atomic E-state index is 12.1. The van der Waals surface area contributed by atoms with Crippen molar-refractivity contribution in [3.05, 3.63) is 35.1 Å². The molecule has 2 aromatic rings. The van der Waals surface area contributed by atoms with Gasteiger partial charge in [-0.15, -0.1) is 0 Å². The van der Waals surface area contributed by atoms with Crippen molar-refractivity contribution in [2.45, 2.75) is 52.0 Å². The van der Waals surface area contributed by atoms with E-state index in [0.717, 1.165) is 29.4 Å². The third-order valence-corrected chi connectivity index (χ3v) is 4.34. The Kier molecular flexibility index (Phi) is 3.51. The van der Waals surface area contributed by atoms with Crippen LogP contribution in [0.5, 0.6) is 0 Å². The summed E-state index contributed by atoms with van der Waals surface area (Å²) in [5.74, 6) is 0.109. The van der Waals surface area contributed by atoms with Crippen LogP contribution in [0, 0.1) is 13.8 Å². The molecule has 3 rings (SSSR count). The van der Waals surface area contributed by atoms with Gasteiger partial charge in [-0.05, 0) is 49.9 Å². The van der Waals surface area contributed by atoms with E-state index in [1.54, 1.807) is 6.26 Å². The molecule has 0 atom stereocenters. The number of rotatable bonds is 3. The molecule has 0 saturated heterocycles. The van der Waals surface area contributed by atoms with Crippen molar-refractivity contribution in [3.8, 4) is 0 Å². The minimum absolute atomic E-state index is 0.109. The Hall–Kier alpha value is -1.77. The minimum atomic E-state index is 0.109. The van der Waals surface area contributed by atoms with Crippen molar-refractivity contribution in [1.82, 2.24) is 5.32 Å². The van der Waals surface area contributed by atoms with Gasteiger partial charge in [0.25, 0.3) is 0 Å². The molecule has 1 saturated carbocycles. The lowest BCUT2D eigenvalue weighted by Gasteiger charge is -2.11. The molecule has 0 aliphatic heterocycles. The molecule has 1 aromatic carbocycles. The quantitative estimate of drug-likeness (QED) is 0.925. The molecule has 1 aliphatic carbocycles. The lowest BCUT2D eigenvalue weighted by Crippen LogP contribution is -2.33. The summed E-state index contributed by atoms with van der Waals surface area (Å²) in [6, 6.07) is 4.54. The molecule has 0 spiro atoms. The number of fused-ring (bicyclic) bond motifs is 1. The average molecular weight is 271 g/mol. The van der Waals surface area contributed by atoms with Crippen LogP contribution in [-0.4, -0.2) is 11.9 Å². The molecule has 1 aromatic heterocycles. The van der Waals surface area contributed by atoms with E-state index in [9.17, 15) is 4.79 Å². The monoisotopic (exact) mass is 271 g/mol. The predicted molar refractivity (Wildman–Crippen MR) is 79.8 cm³/mol. The van der Waals surface area contributed by atoms with E-state index in [1.807, 2.05) is 6.07 Å². The average Bonchev–Trinajstić information content (AvgIpc) is 3.02. The van der Waals surface area contributed by atoms with E-state index in [0.29, 0.717) is 12.5 Å². The van der Waals surface area contributed by atoms with Crippen molar-refractivity contribution in [2.24, 2.45) is 0 Å². The fraction of sp³-hybridized carbons (Fsp3) is 0.471. The maximum absolute atomic E-state index is 12.1. The summed E-state index contributed by atoms with van der Waals surface area (Å²) < 4.78 is 5.58. The SMILES string of the molecule is Cc1cc2occ(CC(=O)NC3CCCC3)c2cc1C. The summed E-state index contributed by atoms with van der Waals surface area (Å²) in [6.07, 6.45) is 6.84. The molecule has 1 N–H and O–H groups in total. The van der Waals surface area contributed by atoms with Crippen molar-refractivity contribution >= 4 is 16.9 Å². The molecular weight excluding hydrogens is 250 g/mol. The number of furan rings is 1. The van der Waals surface area contributed by atoms with Gasteiger partial charge < -0.3 is 9.73 Å². The third kappa shape index (κ3) is 2.58. The Balaban J connectivity index is 1.76. The van der Waals surface area contributed by atoms with Crippen molar-refractivity contribution in [2.75, 3.05) is 0 Å². The number of hydrogen-bond donors (Lipinski definition) is 1. The Morgan fingerprint density at radius 3 is 2.70 bits per heavy atom. The summed E-state index contributed by atoms with van der Waals surface area (Å²) in [4.78, 5) is 12.1. The lowest BCUT2D eigenvalue weighted by molar-refractivity contribution is -0.121. The van der Waals surface area contributed by atoms with E-state index in [1.165, 1.54) is 24.0 Å². The van der Waals surface area contributed by atoms with Gasteiger partial charge in [0.15, 0.2) is 0 Å². The summed E-state index contributed by atoms with van der Waals surface area (Å²) >= 11 is 0. The number of carbonyl (C=O) groups is 1. The summed E-state index contributed by atoms with van der Waals surface area (Å²) in [7, 11) is 0. The Bertz CT molecular complexity index is 636. The van der Waals surface area contributed by atoms with Crippen LogP contribution in [0.3, 0.4) is 0 Å². The molecule has 3 heteroatoms. The largest absolute Gasteiger partial charge is 0.464 e. The summed E-state index contributed by atoms with van der Waals surface area (Å²) in [6.45, 7) is 4.16. The zero-order chi connectivity index (χ0) is 14.1. The maximum Gasteiger partial charge on any atom is 0.224 e. The van der Waals surface area contributed by atoms with E-state index in [-0.39, 0.29) is 5.91 Å². The van der Waals surface area contributed by atoms with Gasteiger partial charge in [0.2, 0.25) is 5.91 Å². The topological polar surface area (TPSA) is 42.2 Å². The van der Waals surface area contributed by atoms with Crippen LogP contribution in [0.1, 0.15) is 42.4 Å². The van der Waals surface area contributed by atoms with E-state index in [2.05, 4.69) is 25.2 Å². The Morgan fingerprint density at radius 1 is 1.25 bits per heavy atom. The number of amides is 1. The molecule has 1 amide bonds. The van der Waals surface area contributed by atoms with Gasteiger partial charge in [0.1, 0.15) is 5.58 Å². The van der Waals surface area contributed by atoms with Crippen LogP contribution < -0.4 is 5.32 Å². The van der Waals surface area contributed by atoms with Crippen LogP contribution in [0.4, 0.5) is 0 Å². The van der Waals surface area contributed by atoms with Crippen LogP contribution >= 0.6 is 0 Å². The zero-order valence-corrected chi connectivity index (χ0v) is 12.2. The first-order chi connectivity index (χ1) is 9.63. The fourth-order valence-electron chi connectivity index (χ4n) is 2.99. The first-order valence-corrected chi connectivity index (χ1v) is 7.40. The van der Waals surface area contributed by atoms with Crippen molar-refractivity contribution in [3.63, 3.8) is 0 Å². The van der Waals surface area contributed by atoms with Crippen LogP contribution in [0.15, 0.2) is 22.8 Å². The number of carbonyl (C=O) groups excluding carboxylic acids is 1. The second kappa shape index (κ2) is 5.31. The van der Waals surface area contributed by atoms with Gasteiger partial charge in [-0.25, -0.2) is 0 Å². The summed E-state index contributed by atoms with van der Waals surface area (Å²) in [5, 5.41) is 4.19. The molecule has 1 heterocycles. The Labute approximate surface area is 119 Å². The van der Waals surface area contributed by atoms with E-state index in [4.69, 9.17) is 4.42 Å². The van der Waals surface area contributed by atoms with Gasteiger partial charge in [0.05, 0.1) is 12.7 Å². The molecule has 1 fully saturated rings. The molecule has 0 unspecified atom stereocenters. The molecule has 106 valence electrons. The second-order valence-corrected chi connectivity index (χ2v) is 5.92. The second-order valence-electron chi connectivity index (χ2n) is 5.92. The normalized spacial score (nSPS) is 15.9. The minimum Gasteiger partial charge on any atom is -0.464 e. The van der Waals surface area contributed by atoms with Crippen LogP contribution in [-0.2, 0) is 11.2 Å². The van der Waals surface area contributed by atoms with Crippen LogP contribution in [0.25, 0.3) is 11.0 Å². The van der Waals surface area contributed by atoms with Crippen molar-refractivity contribution < 1.29 is 9.21 Å². The lowest BCUT2D eigenvalue weighted by atomic mass is 10.0. The zero-order valence-electron chi connectivity index (χ0n) is 12.2. The molecule has 1 aliphatic rings. The number of hydrogen-bond acceptors (Lipinski definition) is 2. The third-order valence-electron chi connectivity index (χ3n) is 4.34. The fourth-order valence-corrected chi connectivity index (χ4v) is 2.99. The van der Waals surface area contributed by atoms with Gasteiger partial charge in [-0.1, -0.05) is 12.8 Å². The number of aryl methyl sites for hydroxylation is 2. The number of nitrogens with one attached hydrogen (secondary N) is 1. The van der Waals surface area contributed by atoms with Crippen molar-refractivity contribution in [1.29, 1.82) is 0 Å². The highest BCUT2D eigenvalue weighted by atomic mass is 16.3. The molecule has 20 heavy (non-hydrogen) atoms. The highest BCUT2D eigenvalue weighted by molar-refractivity contribution is 5.88. The molecule has 0 radical (unpaired) electrons. The molecular formula is C17H21NO2. The van der Waals surface area contributed by atoms with E-state index >= 15 is 0 Å². The van der Waals surface area contributed by atoms with Gasteiger partial charge in [-0.2, -0.15) is 0 Å². The highest BCUT2D eigenvalue weighted by Crippen LogP contribution is 2.25. The van der Waals surface area contributed by atoms with Gasteiger partial charge in [-0.3, -0.25) is 4.79 Å². The Morgan fingerprint density at radius 2 is 1.95 bits per heavy atom. The summed E-state index contributed by atoms with van der Waals surface area (Å²) in [5.41, 5.74) is 4.31. The van der Waals surface area contributed by atoms with Crippen LogP contribution in [0.2, 0.25) is 0 Å². The highest BCUT2D eigenvalue weighted by Gasteiger charge is 2.18. The standard InChI is InChI=1S/C17H21NO2/c1-11-7-15-13(10-20-16(15)8-12(11)2)9-17(19)18-14-5-3-4-6-14/h7-8,10,14H,3-6,9H2,1-2H3,(H,18,19). The number of benzene rings is 1. The first kappa shape index (κ1) is 13.2. The van der Waals surface area contributed by atoms with Gasteiger partial charge in [0, 0.05) is 17.0 Å². The molecule has 3 nitrogen and oxygen atoms in total. The first-order valence-electron chi connectivity index (χ1n) is 7.40. The predicted octanol–water partition coefficient (Wildman–Crippen LogP) is 3.65. The van der Waals surface area contributed by atoms with Gasteiger partial charge >= 0.3 is 0 Å². The van der Waals surface area contributed by atoms with E-state index < -0.39 is 0 Å². The smallest absolute Gasteiger partial charge is 0.224 e.